The molecule has 1 aliphatic heterocycles. The summed E-state index contributed by atoms with van der Waals surface area (Å²) in [6.07, 6.45) is 0. The van der Waals surface area contributed by atoms with Crippen molar-refractivity contribution in [1.82, 2.24) is 0 Å². The molecule has 3 aromatic carbocycles. The van der Waals surface area contributed by atoms with Crippen molar-refractivity contribution in [3.8, 4) is 11.5 Å². The zero-order valence-electron chi connectivity index (χ0n) is 20.0. The molecule has 0 bridgehead atoms. The van der Waals surface area contributed by atoms with E-state index in [0.717, 1.165) is 0 Å². The average Bonchev–Trinajstić information content (AvgIpc) is 3.27. The van der Waals surface area contributed by atoms with Gasteiger partial charge in [-0.25, -0.2) is 0 Å². The molecule has 0 aliphatic carbocycles. The van der Waals surface area contributed by atoms with Crippen LogP contribution in [0, 0.1) is 0 Å². The highest BCUT2D eigenvalue weighted by atomic mass is 16.5. The van der Waals surface area contributed by atoms with Crippen LogP contribution in [0.25, 0.3) is 11.0 Å². The Hall–Kier alpha value is -4.59. The summed E-state index contributed by atoms with van der Waals surface area (Å²) in [5.74, 6) is -0.664. The number of methoxy groups -OCH3 is 1. The molecule has 8 nitrogen and oxygen atoms in total. The molecule has 36 heavy (non-hydrogen) atoms. The quantitative estimate of drug-likeness (QED) is 0.311. The molecule has 182 valence electrons. The third-order valence-corrected chi connectivity index (χ3v) is 6.27. The first-order valence-corrected chi connectivity index (χ1v) is 11.5. The first-order valence-electron chi connectivity index (χ1n) is 11.5. The van der Waals surface area contributed by atoms with Crippen LogP contribution in [-0.2, 0) is 9.59 Å². The van der Waals surface area contributed by atoms with Gasteiger partial charge in [0.15, 0.2) is 5.76 Å². The molecule has 4 aromatic rings. The number of rotatable bonds is 6. The number of ketones is 1. The molecule has 2 heterocycles. The number of ether oxygens (including phenoxy) is 2. The van der Waals surface area contributed by atoms with Crippen LogP contribution in [0.5, 0.6) is 11.5 Å². The van der Waals surface area contributed by atoms with Crippen LogP contribution < -0.4 is 19.7 Å². The molecule has 0 saturated heterocycles. The Kier molecular flexibility index (Phi) is 5.72. The molecule has 5 rings (SSSR count). The maximum Gasteiger partial charge on any atom is 0.280 e. The van der Waals surface area contributed by atoms with E-state index in [2.05, 4.69) is 5.32 Å². The highest BCUT2D eigenvalue weighted by Gasteiger charge is 2.50. The van der Waals surface area contributed by atoms with E-state index in [-0.39, 0.29) is 11.4 Å². The molecule has 0 radical (unpaired) electrons. The lowest BCUT2D eigenvalue weighted by Gasteiger charge is -2.39. The number of amides is 2. The Labute approximate surface area is 207 Å². The predicted molar refractivity (Wildman–Crippen MR) is 135 cm³/mol. The van der Waals surface area contributed by atoms with Crippen LogP contribution in [0.2, 0.25) is 0 Å². The van der Waals surface area contributed by atoms with Crippen molar-refractivity contribution in [3.63, 3.8) is 0 Å². The Balaban J connectivity index is 1.55. The van der Waals surface area contributed by atoms with E-state index in [1.54, 1.807) is 72.8 Å². The summed E-state index contributed by atoms with van der Waals surface area (Å²) in [4.78, 5) is 42.0. The van der Waals surface area contributed by atoms with Gasteiger partial charge in [-0.2, -0.15) is 0 Å². The van der Waals surface area contributed by atoms with Gasteiger partial charge in [-0.1, -0.05) is 24.3 Å². The van der Waals surface area contributed by atoms with E-state index in [1.165, 1.54) is 18.9 Å². The van der Waals surface area contributed by atoms with Gasteiger partial charge >= 0.3 is 0 Å². The van der Waals surface area contributed by atoms with Crippen molar-refractivity contribution in [3.05, 3.63) is 84.1 Å². The lowest BCUT2D eigenvalue weighted by molar-refractivity contribution is -0.145. The van der Waals surface area contributed by atoms with Gasteiger partial charge in [-0.3, -0.25) is 14.4 Å². The second kappa shape index (κ2) is 8.88. The minimum Gasteiger partial charge on any atom is -0.497 e. The minimum atomic E-state index is -1.86. The molecule has 0 fully saturated rings. The number of carbonyl (C=O) groups is 3. The van der Waals surface area contributed by atoms with Crippen molar-refractivity contribution in [2.75, 3.05) is 23.9 Å². The molecule has 1 unspecified atom stereocenters. The number of benzene rings is 3. The SMILES string of the molecule is CCN1C(=O)C(C)(C(=O)Nc2c(C(=O)c3ccc(OC)cc3)oc3ccccc23)Oc2ccccc21. The third kappa shape index (κ3) is 3.67. The average molecular weight is 485 g/mol. The monoisotopic (exact) mass is 484 g/mol. The minimum absolute atomic E-state index is 0.0469. The van der Waals surface area contributed by atoms with Crippen LogP contribution >= 0.6 is 0 Å². The van der Waals surface area contributed by atoms with Gasteiger partial charge in [-0.05, 0) is 62.4 Å². The smallest absolute Gasteiger partial charge is 0.280 e. The number of carbonyl (C=O) groups excluding carboxylic acids is 3. The van der Waals surface area contributed by atoms with Gasteiger partial charge < -0.3 is 24.1 Å². The number of nitrogens with zero attached hydrogens (tertiary/aromatic N) is 1. The van der Waals surface area contributed by atoms with Crippen LogP contribution in [0.3, 0.4) is 0 Å². The van der Waals surface area contributed by atoms with Crippen molar-refractivity contribution in [2.45, 2.75) is 19.4 Å². The Morgan fingerprint density at radius 1 is 1.00 bits per heavy atom. The fourth-order valence-electron chi connectivity index (χ4n) is 4.29. The molecule has 1 N–H and O–H groups in total. The number of hydrogen-bond donors (Lipinski definition) is 1. The van der Waals surface area contributed by atoms with Crippen molar-refractivity contribution >= 4 is 39.9 Å². The maximum absolute atomic E-state index is 13.7. The van der Waals surface area contributed by atoms with E-state index in [0.29, 0.717) is 40.3 Å². The molecule has 2 amide bonds. The number of hydrogen-bond acceptors (Lipinski definition) is 6. The second-order valence-corrected chi connectivity index (χ2v) is 8.47. The zero-order chi connectivity index (χ0) is 25.4. The summed E-state index contributed by atoms with van der Waals surface area (Å²) in [6, 6.07) is 20.6. The molecular weight excluding hydrogens is 460 g/mol. The maximum atomic E-state index is 13.7. The summed E-state index contributed by atoms with van der Waals surface area (Å²) < 4.78 is 17.0. The summed E-state index contributed by atoms with van der Waals surface area (Å²) in [5, 5.41) is 3.30. The van der Waals surface area contributed by atoms with Gasteiger partial charge in [-0.15, -0.1) is 0 Å². The standard InChI is InChI=1S/C28H24N2O6/c1-4-30-20-10-6-8-12-22(20)36-28(2,27(30)33)26(32)29-23-19-9-5-7-11-21(19)35-25(23)24(31)17-13-15-18(34-3)16-14-17/h5-16H,4H2,1-3H3,(H,29,32). The predicted octanol–water partition coefficient (Wildman–Crippen LogP) is 4.82. The normalized spacial score (nSPS) is 16.9. The number of likely N-dealkylation sites (N-methyl/N-ethyl adjacent to an activating group) is 1. The molecule has 1 aliphatic rings. The molecule has 1 aromatic heterocycles. The summed E-state index contributed by atoms with van der Waals surface area (Å²) in [5.41, 5.74) is -0.308. The number of fused-ring (bicyclic) bond motifs is 2. The fourth-order valence-corrected chi connectivity index (χ4v) is 4.29. The highest BCUT2D eigenvalue weighted by Crippen LogP contribution is 2.39. The molecular formula is C28H24N2O6. The highest BCUT2D eigenvalue weighted by molar-refractivity contribution is 6.23. The summed E-state index contributed by atoms with van der Waals surface area (Å²) >= 11 is 0. The lowest BCUT2D eigenvalue weighted by Crippen LogP contribution is -2.60. The first-order chi connectivity index (χ1) is 17.4. The number of para-hydroxylation sites is 3. The summed E-state index contributed by atoms with van der Waals surface area (Å²) in [7, 11) is 1.54. The van der Waals surface area contributed by atoms with Gasteiger partial charge in [0.2, 0.25) is 5.78 Å². The molecule has 8 heteroatoms. The van der Waals surface area contributed by atoms with Crippen molar-refractivity contribution in [1.29, 1.82) is 0 Å². The second-order valence-electron chi connectivity index (χ2n) is 8.47. The Morgan fingerprint density at radius 2 is 1.69 bits per heavy atom. The third-order valence-electron chi connectivity index (χ3n) is 6.27. The molecule has 0 saturated carbocycles. The molecule has 0 spiro atoms. The van der Waals surface area contributed by atoms with Crippen molar-refractivity contribution in [2.24, 2.45) is 0 Å². The topological polar surface area (TPSA) is 98.1 Å². The van der Waals surface area contributed by atoms with E-state index < -0.39 is 23.2 Å². The lowest BCUT2D eigenvalue weighted by atomic mass is 9.99. The van der Waals surface area contributed by atoms with E-state index in [4.69, 9.17) is 13.9 Å². The fraction of sp³-hybridized carbons (Fsp3) is 0.179. The zero-order valence-corrected chi connectivity index (χ0v) is 20.0. The van der Waals surface area contributed by atoms with E-state index in [9.17, 15) is 14.4 Å². The Morgan fingerprint density at radius 3 is 2.42 bits per heavy atom. The van der Waals surface area contributed by atoms with Crippen LogP contribution in [-0.4, -0.2) is 36.9 Å². The first kappa shape index (κ1) is 23.2. The largest absolute Gasteiger partial charge is 0.497 e. The number of furan rings is 1. The number of anilines is 2. The van der Waals surface area contributed by atoms with Gasteiger partial charge in [0, 0.05) is 17.5 Å². The number of nitrogens with one attached hydrogen (secondary N) is 1. The van der Waals surface area contributed by atoms with Crippen molar-refractivity contribution < 1.29 is 28.3 Å². The van der Waals surface area contributed by atoms with E-state index in [1.807, 2.05) is 6.92 Å². The van der Waals surface area contributed by atoms with Crippen LogP contribution in [0.15, 0.2) is 77.2 Å². The van der Waals surface area contributed by atoms with Crippen LogP contribution in [0.4, 0.5) is 11.4 Å². The van der Waals surface area contributed by atoms with Crippen LogP contribution in [0.1, 0.15) is 30.0 Å². The van der Waals surface area contributed by atoms with E-state index >= 15 is 0 Å². The van der Waals surface area contributed by atoms with Gasteiger partial charge in [0.25, 0.3) is 17.4 Å². The summed E-state index contributed by atoms with van der Waals surface area (Å²) in [6.45, 7) is 3.61. The Bertz CT molecular complexity index is 1490. The van der Waals surface area contributed by atoms with Gasteiger partial charge in [0.1, 0.15) is 17.1 Å². The van der Waals surface area contributed by atoms with Gasteiger partial charge in [0.05, 0.1) is 18.5 Å². The molecule has 1 atom stereocenters.